The zero-order chi connectivity index (χ0) is 16.6. The highest BCUT2D eigenvalue weighted by atomic mass is 15.6. The van der Waals surface area contributed by atoms with Gasteiger partial charge in [0.05, 0.1) is 6.54 Å². The van der Waals surface area contributed by atoms with Crippen molar-refractivity contribution in [3.63, 3.8) is 0 Å². The maximum Gasteiger partial charge on any atom is 0.204 e. The molecule has 24 heavy (non-hydrogen) atoms. The zero-order valence-corrected chi connectivity index (χ0v) is 14.8. The monoisotopic (exact) mass is 327 g/mol. The SMILES string of the molecule is CN(CCCCCn1nnc(-c2ccccc2)n1)CC1CCCC1. The van der Waals surface area contributed by atoms with E-state index >= 15 is 0 Å². The van der Waals surface area contributed by atoms with Crippen molar-refractivity contribution in [3.05, 3.63) is 30.3 Å². The molecule has 130 valence electrons. The Morgan fingerprint density at radius 3 is 2.67 bits per heavy atom. The van der Waals surface area contributed by atoms with Gasteiger partial charge in [-0.25, -0.2) is 0 Å². The van der Waals surface area contributed by atoms with Crippen LogP contribution in [0.1, 0.15) is 44.9 Å². The summed E-state index contributed by atoms with van der Waals surface area (Å²) in [4.78, 5) is 4.24. The van der Waals surface area contributed by atoms with Gasteiger partial charge in [-0.15, -0.1) is 10.2 Å². The van der Waals surface area contributed by atoms with Gasteiger partial charge in [0.25, 0.3) is 0 Å². The van der Waals surface area contributed by atoms with E-state index in [1.54, 1.807) is 4.80 Å². The Morgan fingerprint density at radius 1 is 1.08 bits per heavy atom. The summed E-state index contributed by atoms with van der Waals surface area (Å²) in [7, 11) is 2.27. The van der Waals surface area contributed by atoms with Crippen molar-refractivity contribution >= 4 is 0 Å². The minimum Gasteiger partial charge on any atom is -0.306 e. The highest BCUT2D eigenvalue weighted by Gasteiger charge is 2.16. The van der Waals surface area contributed by atoms with E-state index in [1.807, 2.05) is 30.3 Å². The molecule has 0 aliphatic heterocycles. The molecule has 1 fully saturated rings. The van der Waals surface area contributed by atoms with Crippen molar-refractivity contribution in [1.82, 2.24) is 25.1 Å². The predicted octanol–water partition coefficient (Wildman–Crippen LogP) is 3.63. The molecule has 5 nitrogen and oxygen atoms in total. The molecule has 2 aromatic rings. The first kappa shape index (κ1) is 17.1. The van der Waals surface area contributed by atoms with Crippen molar-refractivity contribution < 1.29 is 0 Å². The molecule has 0 amide bonds. The Kier molecular flexibility index (Phi) is 6.35. The number of nitrogens with zero attached hydrogens (tertiary/aromatic N) is 5. The molecule has 0 saturated heterocycles. The third kappa shape index (κ3) is 5.13. The molecule has 0 radical (unpaired) electrons. The number of hydrogen-bond donors (Lipinski definition) is 0. The Balaban J connectivity index is 1.31. The molecule has 1 aliphatic rings. The fourth-order valence-corrected chi connectivity index (χ4v) is 3.58. The molecule has 3 rings (SSSR count). The van der Waals surface area contributed by atoms with Crippen molar-refractivity contribution in [2.75, 3.05) is 20.1 Å². The topological polar surface area (TPSA) is 46.8 Å². The van der Waals surface area contributed by atoms with E-state index in [2.05, 4.69) is 27.4 Å². The number of rotatable bonds is 9. The molecule has 0 atom stereocenters. The predicted molar refractivity (Wildman–Crippen MR) is 96.6 cm³/mol. The van der Waals surface area contributed by atoms with Crippen LogP contribution in [0.15, 0.2) is 30.3 Å². The average Bonchev–Trinajstić information content (AvgIpc) is 3.27. The van der Waals surface area contributed by atoms with E-state index in [1.165, 1.54) is 51.6 Å². The van der Waals surface area contributed by atoms with Gasteiger partial charge in [0.15, 0.2) is 0 Å². The van der Waals surface area contributed by atoms with Crippen LogP contribution in [0.25, 0.3) is 11.4 Å². The van der Waals surface area contributed by atoms with Gasteiger partial charge in [0.1, 0.15) is 0 Å². The van der Waals surface area contributed by atoms with E-state index in [-0.39, 0.29) is 0 Å². The van der Waals surface area contributed by atoms with Crippen molar-refractivity contribution in [1.29, 1.82) is 0 Å². The maximum atomic E-state index is 4.47. The van der Waals surface area contributed by atoms with Crippen LogP contribution in [0.4, 0.5) is 0 Å². The van der Waals surface area contributed by atoms with E-state index in [4.69, 9.17) is 0 Å². The normalized spacial score (nSPS) is 15.4. The Morgan fingerprint density at radius 2 is 1.88 bits per heavy atom. The number of aryl methyl sites for hydroxylation is 1. The molecule has 0 N–H and O–H groups in total. The molecule has 1 saturated carbocycles. The molecule has 1 aromatic carbocycles. The van der Waals surface area contributed by atoms with Gasteiger partial charge >= 0.3 is 0 Å². The fraction of sp³-hybridized carbons (Fsp3) is 0.632. The van der Waals surface area contributed by atoms with E-state index < -0.39 is 0 Å². The first-order valence-electron chi connectivity index (χ1n) is 9.33. The molecule has 0 bridgehead atoms. The summed E-state index contributed by atoms with van der Waals surface area (Å²) < 4.78 is 0. The zero-order valence-electron chi connectivity index (χ0n) is 14.8. The molecule has 0 spiro atoms. The molecule has 1 aromatic heterocycles. The minimum atomic E-state index is 0.715. The summed E-state index contributed by atoms with van der Waals surface area (Å²) in [5.74, 6) is 1.66. The van der Waals surface area contributed by atoms with Crippen LogP contribution in [0, 0.1) is 5.92 Å². The fourth-order valence-electron chi connectivity index (χ4n) is 3.58. The standard InChI is InChI=1S/C19H29N5/c1-23(16-17-10-6-7-11-17)14-8-3-9-15-24-21-19(20-22-24)18-12-4-2-5-13-18/h2,4-5,12-13,17H,3,6-11,14-16H2,1H3. The lowest BCUT2D eigenvalue weighted by Crippen LogP contribution is -2.25. The summed E-state index contributed by atoms with van der Waals surface area (Å²) in [5.41, 5.74) is 1.03. The van der Waals surface area contributed by atoms with Crippen LogP contribution in [0.2, 0.25) is 0 Å². The lowest BCUT2D eigenvalue weighted by Gasteiger charge is -2.20. The van der Waals surface area contributed by atoms with Gasteiger partial charge in [-0.3, -0.25) is 0 Å². The smallest absolute Gasteiger partial charge is 0.204 e. The van der Waals surface area contributed by atoms with Gasteiger partial charge in [-0.2, -0.15) is 4.80 Å². The number of aromatic nitrogens is 4. The maximum absolute atomic E-state index is 4.47. The molecular formula is C19H29N5. The van der Waals surface area contributed by atoms with Crippen LogP contribution in [0.3, 0.4) is 0 Å². The highest BCUT2D eigenvalue weighted by Crippen LogP contribution is 2.25. The molecule has 1 aliphatic carbocycles. The summed E-state index contributed by atoms with van der Waals surface area (Å²) in [6.45, 7) is 3.34. The molecule has 5 heteroatoms. The largest absolute Gasteiger partial charge is 0.306 e. The second-order valence-corrected chi connectivity index (χ2v) is 7.05. The van der Waals surface area contributed by atoms with E-state index in [0.717, 1.165) is 24.4 Å². The number of hydrogen-bond acceptors (Lipinski definition) is 4. The highest BCUT2D eigenvalue weighted by molar-refractivity contribution is 5.52. The lowest BCUT2D eigenvalue weighted by atomic mass is 10.1. The van der Waals surface area contributed by atoms with Gasteiger partial charge in [0, 0.05) is 12.1 Å². The lowest BCUT2D eigenvalue weighted by molar-refractivity contribution is 0.271. The Labute approximate surface area is 145 Å². The second kappa shape index (κ2) is 8.92. The minimum absolute atomic E-state index is 0.715. The van der Waals surface area contributed by atoms with Crippen LogP contribution in [-0.2, 0) is 6.54 Å². The van der Waals surface area contributed by atoms with Crippen molar-refractivity contribution in [2.24, 2.45) is 5.92 Å². The average molecular weight is 327 g/mol. The third-order valence-electron chi connectivity index (χ3n) is 4.93. The summed E-state index contributed by atoms with van der Waals surface area (Å²) in [6, 6.07) is 10.0. The second-order valence-electron chi connectivity index (χ2n) is 7.05. The Bertz CT molecular complexity index is 589. The molecular weight excluding hydrogens is 298 g/mol. The van der Waals surface area contributed by atoms with E-state index in [0.29, 0.717) is 5.82 Å². The summed E-state index contributed by atoms with van der Waals surface area (Å²) >= 11 is 0. The van der Waals surface area contributed by atoms with Crippen LogP contribution >= 0.6 is 0 Å². The van der Waals surface area contributed by atoms with Gasteiger partial charge < -0.3 is 4.90 Å². The van der Waals surface area contributed by atoms with Crippen LogP contribution in [-0.4, -0.2) is 45.2 Å². The Hall–Kier alpha value is -1.75. The molecule has 1 heterocycles. The number of tetrazole rings is 1. The first-order chi connectivity index (χ1) is 11.8. The van der Waals surface area contributed by atoms with Crippen LogP contribution < -0.4 is 0 Å². The van der Waals surface area contributed by atoms with Crippen molar-refractivity contribution in [3.8, 4) is 11.4 Å². The number of unbranched alkanes of at least 4 members (excludes halogenated alkanes) is 2. The van der Waals surface area contributed by atoms with Gasteiger partial charge in [-0.05, 0) is 50.4 Å². The number of benzene rings is 1. The third-order valence-corrected chi connectivity index (χ3v) is 4.93. The summed E-state index contributed by atoms with van der Waals surface area (Å²) in [5, 5.41) is 12.8. The van der Waals surface area contributed by atoms with Crippen molar-refractivity contribution in [2.45, 2.75) is 51.5 Å². The quantitative estimate of drug-likeness (QED) is 0.660. The van der Waals surface area contributed by atoms with Gasteiger partial charge in [-0.1, -0.05) is 49.6 Å². The first-order valence-corrected chi connectivity index (χ1v) is 9.33. The van der Waals surface area contributed by atoms with Gasteiger partial charge in [0.2, 0.25) is 5.82 Å². The molecule has 0 unspecified atom stereocenters. The van der Waals surface area contributed by atoms with E-state index in [9.17, 15) is 0 Å². The summed E-state index contributed by atoms with van der Waals surface area (Å²) in [6.07, 6.45) is 9.34. The van der Waals surface area contributed by atoms with Crippen LogP contribution in [0.5, 0.6) is 0 Å².